The Morgan fingerprint density at radius 2 is 1.88 bits per heavy atom. The third-order valence-corrected chi connectivity index (χ3v) is 7.20. The van der Waals surface area contributed by atoms with Crippen LogP contribution in [0.2, 0.25) is 0 Å². The topological polar surface area (TPSA) is 48.3 Å². The van der Waals surface area contributed by atoms with E-state index in [0.717, 1.165) is 29.7 Å². The van der Waals surface area contributed by atoms with E-state index in [1.165, 1.54) is 15.1 Å². The number of aromatic nitrogens is 1. The summed E-state index contributed by atoms with van der Waals surface area (Å²) >= 11 is 0. The Balaban J connectivity index is 1.59. The van der Waals surface area contributed by atoms with Crippen molar-refractivity contribution in [2.75, 3.05) is 0 Å². The Kier molecular flexibility index (Phi) is 3.15. The van der Waals surface area contributed by atoms with Gasteiger partial charge in [-0.15, -0.1) is 0 Å². The molecule has 2 aromatic rings. The third-order valence-electron chi connectivity index (χ3n) is 5.47. The highest BCUT2D eigenvalue weighted by atomic mass is 32.2. The van der Waals surface area contributed by atoms with E-state index in [9.17, 15) is 8.42 Å². The van der Waals surface area contributed by atoms with Crippen molar-refractivity contribution >= 4 is 10.0 Å². The van der Waals surface area contributed by atoms with E-state index in [1.807, 2.05) is 25.1 Å². The molecule has 4 nitrogen and oxygen atoms in total. The molecule has 5 rings (SSSR count). The molecule has 0 spiro atoms. The molecule has 0 saturated carbocycles. The van der Waals surface area contributed by atoms with Gasteiger partial charge in [-0.2, -0.15) is 0 Å². The largest absolute Gasteiger partial charge is 0.365 e. The highest BCUT2D eigenvalue weighted by Crippen LogP contribution is 2.45. The van der Waals surface area contributed by atoms with E-state index in [1.54, 1.807) is 18.3 Å². The standard InChI is InChI=1S/C20H19NO3S/c1-13-5-7-15(8-6-13)25(22,23)21-10-9-17-18(21)12-20-16-4-2-3-14(16)11-19(17)24-20/h2,4-10,19-20H,3,11-12H2,1H3. The molecule has 3 aliphatic rings. The number of rotatable bonds is 2. The monoisotopic (exact) mass is 353 g/mol. The van der Waals surface area contributed by atoms with Gasteiger partial charge in [-0.1, -0.05) is 35.4 Å². The number of fused-ring (bicyclic) bond motifs is 5. The molecule has 3 heterocycles. The van der Waals surface area contributed by atoms with Gasteiger partial charge < -0.3 is 4.74 Å². The van der Waals surface area contributed by atoms with Crippen LogP contribution in [0, 0.1) is 6.92 Å². The molecule has 1 aliphatic carbocycles. The molecule has 1 aromatic carbocycles. The van der Waals surface area contributed by atoms with Crippen molar-refractivity contribution < 1.29 is 13.2 Å². The molecule has 2 unspecified atom stereocenters. The number of ether oxygens (including phenoxy) is 1. The number of hydrogen-bond donors (Lipinski definition) is 0. The fourth-order valence-electron chi connectivity index (χ4n) is 4.17. The Labute approximate surface area is 147 Å². The van der Waals surface area contributed by atoms with Gasteiger partial charge >= 0.3 is 0 Å². The summed E-state index contributed by atoms with van der Waals surface area (Å²) in [5.41, 5.74) is 5.63. The second-order valence-electron chi connectivity index (χ2n) is 7.02. The summed E-state index contributed by atoms with van der Waals surface area (Å²) in [6.07, 6.45) is 8.42. The van der Waals surface area contributed by atoms with Gasteiger partial charge in [0.05, 0.1) is 17.1 Å². The molecule has 0 amide bonds. The maximum Gasteiger partial charge on any atom is 0.267 e. The summed E-state index contributed by atoms with van der Waals surface area (Å²) in [5.74, 6) is 0. The van der Waals surface area contributed by atoms with Crippen LogP contribution in [-0.2, 0) is 21.2 Å². The molecule has 25 heavy (non-hydrogen) atoms. The van der Waals surface area contributed by atoms with Gasteiger partial charge in [-0.3, -0.25) is 0 Å². The first-order chi connectivity index (χ1) is 12.0. The molecular formula is C20H19NO3S. The van der Waals surface area contributed by atoms with Crippen LogP contribution < -0.4 is 0 Å². The van der Waals surface area contributed by atoms with Crippen molar-refractivity contribution in [1.29, 1.82) is 0 Å². The van der Waals surface area contributed by atoms with Crippen molar-refractivity contribution in [3.8, 4) is 0 Å². The van der Waals surface area contributed by atoms with E-state index in [4.69, 9.17) is 4.74 Å². The fraction of sp³-hybridized carbons (Fsp3) is 0.300. The number of nitrogens with zero attached hydrogens (tertiary/aromatic N) is 1. The van der Waals surface area contributed by atoms with Gasteiger partial charge in [0.15, 0.2) is 0 Å². The summed E-state index contributed by atoms with van der Waals surface area (Å²) in [6, 6.07) is 8.94. The minimum absolute atomic E-state index is 0.0260. The number of allylic oxidation sites excluding steroid dienone is 1. The minimum Gasteiger partial charge on any atom is -0.365 e. The zero-order valence-corrected chi connectivity index (χ0v) is 14.8. The summed E-state index contributed by atoms with van der Waals surface area (Å²) in [5, 5.41) is 0. The molecule has 0 saturated heterocycles. The van der Waals surface area contributed by atoms with Gasteiger partial charge in [-0.25, -0.2) is 12.4 Å². The van der Waals surface area contributed by atoms with Gasteiger partial charge in [0, 0.05) is 23.9 Å². The summed E-state index contributed by atoms with van der Waals surface area (Å²) < 4.78 is 33.9. The van der Waals surface area contributed by atoms with Crippen molar-refractivity contribution in [1.82, 2.24) is 3.97 Å². The molecule has 1 aromatic heterocycles. The van der Waals surface area contributed by atoms with Crippen LogP contribution in [0.25, 0.3) is 0 Å². The number of benzene rings is 1. The Bertz CT molecular complexity index is 1030. The van der Waals surface area contributed by atoms with E-state index < -0.39 is 10.0 Å². The first-order valence-corrected chi connectivity index (χ1v) is 10.0. The van der Waals surface area contributed by atoms with Crippen LogP contribution in [0.1, 0.15) is 35.8 Å². The van der Waals surface area contributed by atoms with Crippen molar-refractivity contribution in [2.45, 2.75) is 43.3 Å². The van der Waals surface area contributed by atoms with Gasteiger partial charge in [0.2, 0.25) is 0 Å². The smallest absolute Gasteiger partial charge is 0.267 e. The molecule has 0 N–H and O–H groups in total. The van der Waals surface area contributed by atoms with Crippen molar-refractivity contribution in [3.63, 3.8) is 0 Å². The van der Waals surface area contributed by atoms with Crippen LogP contribution in [0.4, 0.5) is 0 Å². The molecule has 128 valence electrons. The predicted molar refractivity (Wildman–Crippen MR) is 94.9 cm³/mol. The Morgan fingerprint density at radius 1 is 1.08 bits per heavy atom. The first kappa shape index (κ1) is 15.2. The van der Waals surface area contributed by atoms with Crippen molar-refractivity contribution in [3.05, 3.63) is 76.6 Å². The van der Waals surface area contributed by atoms with Gasteiger partial charge in [0.1, 0.15) is 0 Å². The van der Waals surface area contributed by atoms with Crippen LogP contribution in [0.15, 0.2) is 64.7 Å². The first-order valence-electron chi connectivity index (χ1n) is 8.60. The lowest BCUT2D eigenvalue weighted by molar-refractivity contribution is -0.0157. The Morgan fingerprint density at radius 3 is 2.68 bits per heavy atom. The minimum atomic E-state index is -3.58. The van der Waals surface area contributed by atoms with Crippen LogP contribution in [0.5, 0.6) is 0 Å². The highest BCUT2D eigenvalue weighted by molar-refractivity contribution is 7.90. The van der Waals surface area contributed by atoms with Crippen molar-refractivity contribution in [2.24, 2.45) is 0 Å². The number of hydrogen-bond acceptors (Lipinski definition) is 3. The summed E-state index contributed by atoms with van der Waals surface area (Å²) in [7, 11) is -3.58. The van der Waals surface area contributed by atoms with Crippen LogP contribution in [0.3, 0.4) is 0 Å². The average molecular weight is 353 g/mol. The SMILES string of the molecule is Cc1ccc(S(=O)(=O)n2ccc3c2CC2OC3CC3=C2C=CC3)cc1. The summed E-state index contributed by atoms with van der Waals surface area (Å²) in [6.45, 7) is 1.95. The van der Waals surface area contributed by atoms with Gasteiger partial charge in [-0.05, 0) is 43.5 Å². The van der Waals surface area contributed by atoms with Gasteiger partial charge in [0.25, 0.3) is 10.0 Å². The summed E-state index contributed by atoms with van der Waals surface area (Å²) in [4.78, 5) is 0.328. The Hall–Kier alpha value is -2.11. The molecule has 0 fully saturated rings. The molecular weight excluding hydrogens is 334 g/mol. The van der Waals surface area contributed by atoms with Crippen LogP contribution >= 0.6 is 0 Å². The van der Waals surface area contributed by atoms with Crippen LogP contribution in [-0.4, -0.2) is 18.5 Å². The molecule has 5 heteroatoms. The van der Waals surface area contributed by atoms with E-state index in [-0.39, 0.29) is 12.2 Å². The third kappa shape index (κ3) is 2.19. The molecule has 2 atom stereocenters. The normalized spacial score (nSPS) is 24.4. The van der Waals surface area contributed by atoms with E-state index in [0.29, 0.717) is 11.3 Å². The zero-order chi connectivity index (χ0) is 17.2. The lowest BCUT2D eigenvalue weighted by atomic mass is 9.86. The number of aryl methyl sites for hydroxylation is 1. The average Bonchev–Trinajstić information content (AvgIpc) is 3.22. The lowest BCUT2D eigenvalue weighted by Crippen LogP contribution is -2.33. The van der Waals surface area contributed by atoms with E-state index in [2.05, 4.69) is 12.2 Å². The second-order valence-corrected chi connectivity index (χ2v) is 8.83. The van der Waals surface area contributed by atoms with E-state index >= 15 is 0 Å². The highest BCUT2D eigenvalue weighted by Gasteiger charge is 2.39. The zero-order valence-electron chi connectivity index (χ0n) is 14.0. The fourth-order valence-corrected chi connectivity index (χ4v) is 5.57. The lowest BCUT2D eigenvalue weighted by Gasteiger charge is -2.36. The maximum absolute atomic E-state index is 13.1. The molecule has 0 radical (unpaired) electrons. The quantitative estimate of drug-likeness (QED) is 0.827. The predicted octanol–water partition coefficient (Wildman–Crippen LogP) is 3.68. The molecule has 2 aliphatic heterocycles. The maximum atomic E-state index is 13.1. The second kappa shape index (κ2) is 5.19. The molecule has 2 bridgehead atoms.